The summed E-state index contributed by atoms with van der Waals surface area (Å²) in [5.74, 6) is 0.256. The van der Waals surface area contributed by atoms with Crippen LogP contribution in [0.25, 0.3) is 0 Å². The van der Waals surface area contributed by atoms with Crippen LogP contribution >= 0.6 is 11.6 Å². The van der Waals surface area contributed by atoms with Gasteiger partial charge in [-0.25, -0.2) is 0 Å². The lowest BCUT2D eigenvalue weighted by Crippen LogP contribution is -2.36. The highest BCUT2D eigenvalue weighted by Gasteiger charge is 2.37. The van der Waals surface area contributed by atoms with E-state index < -0.39 is 5.92 Å². The van der Waals surface area contributed by atoms with Gasteiger partial charge in [0, 0.05) is 23.8 Å². The number of rotatable bonds is 4. The van der Waals surface area contributed by atoms with E-state index in [1.54, 1.807) is 29.2 Å². The molecule has 134 valence electrons. The van der Waals surface area contributed by atoms with E-state index in [1.165, 1.54) is 0 Å². The molecular weight excluding hydrogens is 356 g/mol. The number of hydrogen-bond donors (Lipinski definition) is 1. The second-order valence-corrected chi connectivity index (χ2v) is 6.65. The van der Waals surface area contributed by atoms with E-state index in [9.17, 15) is 9.59 Å². The van der Waals surface area contributed by atoms with Gasteiger partial charge in [0.05, 0.1) is 0 Å². The number of fused-ring (bicyclic) bond motifs is 1. The molecule has 26 heavy (non-hydrogen) atoms. The zero-order valence-corrected chi connectivity index (χ0v) is 14.7. The molecule has 4 rings (SSSR count). The average molecular weight is 373 g/mol. The molecule has 2 amide bonds. The maximum atomic E-state index is 12.6. The number of carbonyl (C=O) groups is 2. The van der Waals surface area contributed by atoms with E-state index >= 15 is 0 Å². The van der Waals surface area contributed by atoms with Crippen LogP contribution < -0.4 is 19.7 Å². The predicted octanol–water partition coefficient (Wildman–Crippen LogP) is 2.74. The summed E-state index contributed by atoms with van der Waals surface area (Å²) in [5.41, 5.74) is 1.65. The van der Waals surface area contributed by atoms with Crippen LogP contribution in [0.4, 0.5) is 5.69 Å². The molecule has 1 unspecified atom stereocenters. The topological polar surface area (TPSA) is 67.9 Å². The van der Waals surface area contributed by atoms with Crippen LogP contribution in [-0.2, 0) is 16.1 Å². The molecule has 2 aromatic rings. The average Bonchev–Trinajstić information content (AvgIpc) is 3.26. The monoisotopic (exact) mass is 372 g/mol. The van der Waals surface area contributed by atoms with Crippen LogP contribution in [0.15, 0.2) is 42.5 Å². The summed E-state index contributed by atoms with van der Waals surface area (Å²) in [7, 11) is 0. The van der Waals surface area contributed by atoms with E-state index in [1.807, 2.05) is 18.2 Å². The summed E-state index contributed by atoms with van der Waals surface area (Å²) in [6.45, 7) is 1.06. The third-order valence-corrected chi connectivity index (χ3v) is 4.82. The number of halogens is 1. The molecular formula is C19H17ClN2O4. The Morgan fingerprint density at radius 2 is 1.92 bits per heavy atom. The molecule has 0 radical (unpaired) electrons. The van der Waals surface area contributed by atoms with Crippen LogP contribution in [0.5, 0.6) is 11.5 Å². The van der Waals surface area contributed by atoms with Gasteiger partial charge in [-0.1, -0.05) is 17.7 Å². The summed E-state index contributed by atoms with van der Waals surface area (Å²) >= 11 is 5.88. The van der Waals surface area contributed by atoms with Crippen molar-refractivity contribution in [3.8, 4) is 11.5 Å². The van der Waals surface area contributed by atoms with Crippen molar-refractivity contribution in [2.24, 2.45) is 5.92 Å². The predicted molar refractivity (Wildman–Crippen MR) is 96.3 cm³/mol. The fourth-order valence-electron chi connectivity index (χ4n) is 3.16. The van der Waals surface area contributed by atoms with Gasteiger partial charge >= 0.3 is 0 Å². The number of amides is 2. The Morgan fingerprint density at radius 3 is 2.73 bits per heavy atom. The molecule has 6 nitrogen and oxygen atoms in total. The molecule has 2 aromatic carbocycles. The number of carbonyl (C=O) groups excluding carboxylic acids is 2. The van der Waals surface area contributed by atoms with Gasteiger partial charge in [-0.2, -0.15) is 0 Å². The number of nitrogens with one attached hydrogen (secondary N) is 1. The fourth-order valence-corrected chi connectivity index (χ4v) is 3.29. The Labute approximate surface area is 155 Å². The second kappa shape index (κ2) is 6.88. The number of nitrogens with zero attached hydrogens (tertiary/aromatic N) is 1. The number of ether oxygens (including phenoxy) is 2. The minimum atomic E-state index is -0.667. The van der Waals surface area contributed by atoms with Crippen molar-refractivity contribution in [3.63, 3.8) is 0 Å². The van der Waals surface area contributed by atoms with Gasteiger partial charge in [-0.3, -0.25) is 9.59 Å². The first-order chi connectivity index (χ1) is 12.6. The maximum Gasteiger partial charge on any atom is 0.239 e. The molecule has 1 atom stereocenters. The standard InChI is InChI=1S/C19H17ClN2O4/c20-13-2-4-14(5-3-13)22-8-7-15(19(22)24)18(23)21-10-12-1-6-16-17(9-12)26-11-25-16/h1-6,9,15H,7-8,10-11H2,(H,21,23). The van der Waals surface area contributed by atoms with Crippen LogP contribution in [-0.4, -0.2) is 25.2 Å². The lowest BCUT2D eigenvalue weighted by molar-refractivity contribution is -0.132. The van der Waals surface area contributed by atoms with E-state index in [0.717, 1.165) is 11.3 Å². The van der Waals surface area contributed by atoms with E-state index in [-0.39, 0.29) is 18.6 Å². The lowest BCUT2D eigenvalue weighted by Gasteiger charge is -2.17. The fraction of sp³-hybridized carbons (Fsp3) is 0.263. The lowest BCUT2D eigenvalue weighted by atomic mass is 10.1. The molecule has 0 bridgehead atoms. The van der Waals surface area contributed by atoms with Gasteiger partial charge in [0.15, 0.2) is 11.5 Å². The van der Waals surface area contributed by atoms with Gasteiger partial charge in [-0.05, 0) is 48.4 Å². The van der Waals surface area contributed by atoms with Crippen molar-refractivity contribution in [3.05, 3.63) is 53.1 Å². The molecule has 0 saturated carbocycles. The first-order valence-electron chi connectivity index (χ1n) is 8.35. The molecule has 1 fully saturated rings. The minimum absolute atomic E-state index is 0.185. The second-order valence-electron chi connectivity index (χ2n) is 6.21. The van der Waals surface area contributed by atoms with Gasteiger partial charge in [-0.15, -0.1) is 0 Å². The van der Waals surface area contributed by atoms with Gasteiger partial charge in [0.1, 0.15) is 5.92 Å². The number of anilines is 1. The Hall–Kier alpha value is -2.73. The quantitative estimate of drug-likeness (QED) is 0.838. The highest BCUT2D eigenvalue weighted by Crippen LogP contribution is 2.32. The molecule has 0 spiro atoms. The van der Waals surface area contributed by atoms with Gasteiger partial charge in [0.2, 0.25) is 18.6 Å². The van der Waals surface area contributed by atoms with Crippen molar-refractivity contribution in [2.75, 3.05) is 18.2 Å². The maximum absolute atomic E-state index is 12.6. The highest BCUT2D eigenvalue weighted by atomic mass is 35.5. The zero-order valence-electron chi connectivity index (χ0n) is 13.9. The molecule has 2 aliphatic heterocycles. The minimum Gasteiger partial charge on any atom is -0.454 e. The highest BCUT2D eigenvalue weighted by molar-refractivity contribution is 6.30. The molecule has 1 N–H and O–H groups in total. The molecule has 1 saturated heterocycles. The van der Waals surface area contributed by atoms with Crippen molar-refractivity contribution in [1.29, 1.82) is 0 Å². The third kappa shape index (κ3) is 3.20. The van der Waals surface area contributed by atoms with Gasteiger partial charge < -0.3 is 19.7 Å². The largest absolute Gasteiger partial charge is 0.454 e. The summed E-state index contributed by atoms with van der Waals surface area (Å²) in [4.78, 5) is 26.7. The summed E-state index contributed by atoms with van der Waals surface area (Å²) in [6.07, 6.45) is 0.494. The van der Waals surface area contributed by atoms with Crippen molar-refractivity contribution < 1.29 is 19.1 Å². The normalized spacial score (nSPS) is 18.3. The summed E-state index contributed by atoms with van der Waals surface area (Å²) < 4.78 is 10.6. The summed E-state index contributed by atoms with van der Waals surface area (Å²) in [6, 6.07) is 12.5. The number of benzene rings is 2. The molecule has 0 aliphatic carbocycles. The molecule has 2 heterocycles. The van der Waals surface area contributed by atoms with Crippen LogP contribution in [0.1, 0.15) is 12.0 Å². The van der Waals surface area contributed by atoms with Crippen LogP contribution in [0.2, 0.25) is 5.02 Å². The summed E-state index contributed by atoms with van der Waals surface area (Å²) in [5, 5.41) is 3.45. The molecule has 7 heteroatoms. The Morgan fingerprint density at radius 1 is 1.15 bits per heavy atom. The Balaban J connectivity index is 1.38. The van der Waals surface area contributed by atoms with Crippen molar-refractivity contribution >= 4 is 29.1 Å². The van der Waals surface area contributed by atoms with E-state index in [2.05, 4.69) is 5.32 Å². The first kappa shape index (κ1) is 16.7. The van der Waals surface area contributed by atoms with Gasteiger partial charge in [0.25, 0.3) is 0 Å². The van der Waals surface area contributed by atoms with Crippen molar-refractivity contribution in [1.82, 2.24) is 5.32 Å². The smallest absolute Gasteiger partial charge is 0.239 e. The Bertz CT molecular complexity index is 853. The first-order valence-corrected chi connectivity index (χ1v) is 8.73. The Kier molecular flexibility index (Phi) is 4.42. The molecule has 0 aromatic heterocycles. The zero-order chi connectivity index (χ0) is 18.1. The third-order valence-electron chi connectivity index (χ3n) is 4.56. The van der Waals surface area contributed by atoms with Crippen LogP contribution in [0, 0.1) is 5.92 Å². The van der Waals surface area contributed by atoms with E-state index in [4.69, 9.17) is 21.1 Å². The SMILES string of the molecule is O=C(NCc1ccc2c(c1)OCO2)C1CCN(c2ccc(Cl)cc2)C1=O. The van der Waals surface area contributed by atoms with E-state index in [0.29, 0.717) is 36.0 Å². The van der Waals surface area contributed by atoms with Crippen LogP contribution in [0.3, 0.4) is 0 Å². The number of hydrogen-bond acceptors (Lipinski definition) is 4. The molecule has 2 aliphatic rings. The van der Waals surface area contributed by atoms with Crippen molar-refractivity contribution in [2.45, 2.75) is 13.0 Å².